The van der Waals surface area contributed by atoms with Crippen molar-refractivity contribution < 1.29 is 13.2 Å². The Bertz CT molecular complexity index is 52.7. The standard InChI is InChI=1S/C5H9F3/c1-3(4(2)6)5(7)8/h3-5H,1-2H3. The van der Waals surface area contributed by atoms with Gasteiger partial charge in [0.1, 0.15) is 6.17 Å². The zero-order valence-corrected chi connectivity index (χ0v) is 4.87. The molecule has 50 valence electrons. The molecule has 0 saturated heterocycles. The van der Waals surface area contributed by atoms with Gasteiger partial charge < -0.3 is 0 Å². The zero-order valence-electron chi connectivity index (χ0n) is 4.87. The summed E-state index contributed by atoms with van der Waals surface area (Å²) in [6, 6.07) is 0. The minimum Gasteiger partial charge on any atom is -0.247 e. The van der Waals surface area contributed by atoms with Crippen LogP contribution in [0.5, 0.6) is 0 Å². The van der Waals surface area contributed by atoms with Crippen molar-refractivity contribution in [2.75, 3.05) is 0 Å². The minimum absolute atomic E-state index is 1.13. The molecule has 0 spiro atoms. The van der Waals surface area contributed by atoms with E-state index in [0.717, 1.165) is 6.92 Å². The van der Waals surface area contributed by atoms with Gasteiger partial charge in [-0.3, -0.25) is 0 Å². The molecule has 0 aromatic rings. The smallest absolute Gasteiger partial charge is 0.243 e. The lowest BCUT2D eigenvalue weighted by atomic mass is 10.1. The van der Waals surface area contributed by atoms with Gasteiger partial charge in [0, 0.05) is 5.92 Å². The van der Waals surface area contributed by atoms with E-state index < -0.39 is 18.5 Å². The molecule has 0 radical (unpaired) electrons. The molecule has 0 amide bonds. The number of rotatable bonds is 2. The fraction of sp³-hybridized carbons (Fsp3) is 1.00. The highest BCUT2D eigenvalue weighted by atomic mass is 19.3. The number of halogens is 3. The maximum Gasteiger partial charge on any atom is 0.243 e. The monoisotopic (exact) mass is 126 g/mol. The summed E-state index contributed by atoms with van der Waals surface area (Å²) in [6.07, 6.45) is -3.94. The van der Waals surface area contributed by atoms with Gasteiger partial charge in [0.05, 0.1) is 0 Å². The Balaban J connectivity index is 3.46. The molecule has 0 aliphatic carbocycles. The molecule has 0 rings (SSSR count). The van der Waals surface area contributed by atoms with Gasteiger partial charge in [-0.25, -0.2) is 13.2 Å². The lowest BCUT2D eigenvalue weighted by molar-refractivity contribution is 0.0451. The van der Waals surface area contributed by atoms with Crippen LogP contribution in [-0.2, 0) is 0 Å². The zero-order chi connectivity index (χ0) is 6.73. The summed E-state index contributed by atoms with van der Waals surface area (Å²) in [5.74, 6) is -1.13. The Labute approximate surface area is 46.7 Å². The quantitative estimate of drug-likeness (QED) is 0.532. The first-order chi connectivity index (χ1) is 3.55. The topological polar surface area (TPSA) is 0 Å². The molecule has 0 N–H and O–H groups in total. The van der Waals surface area contributed by atoms with E-state index in [1.807, 2.05) is 0 Å². The largest absolute Gasteiger partial charge is 0.247 e. The van der Waals surface area contributed by atoms with Crippen LogP contribution in [0.2, 0.25) is 0 Å². The van der Waals surface area contributed by atoms with Crippen molar-refractivity contribution >= 4 is 0 Å². The third-order valence-corrected chi connectivity index (χ3v) is 1.12. The van der Waals surface area contributed by atoms with Crippen LogP contribution >= 0.6 is 0 Å². The van der Waals surface area contributed by atoms with E-state index in [0.29, 0.717) is 0 Å². The molecule has 0 saturated carbocycles. The summed E-state index contributed by atoms with van der Waals surface area (Å²) in [7, 11) is 0. The molecule has 2 unspecified atom stereocenters. The normalized spacial score (nSPS) is 18.8. The molecular formula is C5H9F3. The van der Waals surface area contributed by atoms with Crippen molar-refractivity contribution in [2.45, 2.75) is 26.4 Å². The molecule has 0 aromatic carbocycles. The van der Waals surface area contributed by atoms with Crippen LogP contribution in [0.4, 0.5) is 13.2 Å². The third kappa shape index (κ3) is 2.19. The first kappa shape index (κ1) is 7.79. The lowest BCUT2D eigenvalue weighted by Gasteiger charge is -2.09. The average molecular weight is 126 g/mol. The third-order valence-electron chi connectivity index (χ3n) is 1.12. The van der Waals surface area contributed by atoms with E-state index in [1.54, 1.807) is 0 Å². The fourth-order valence-corrected chi connectivity index (χ4v) is 0.200. The fourth-order valence-electron chi connectivity index (χ4n) is 0.200. The van der Waals surface area contributed by atoms with Crippen LogP contribution in [0.25, 0.3) is 0 Å². The molecule has 0 aromatic heterocycles. The van der Waals surface area contributed by atoms with Gasteiger partial charge in [-0.1, -0.05) is 6.92 Å². The second-order valence-corrected chi connectivity index (χ2v) is 1.87. The maximum atomic E-state index is 11.9. The van der Waals surface area contributed by atoms with Crippen molar-refractivity contribution in [1.82, 2.24) is 0 Å². The lowest BCUT2D eigenvalue weighted by Crippen LogP contribution is -2.16. The molecular weight excluding hydrogens is 117 g/mol. The van der Waals surface area contributed by atoms with Gasteiger partial charge in [0.2, 0.25) is 6.43 Å². The maximum absolute atomic E-state index is 11.9. The second kappa shape index (κ2) is 2.95. The van der Waals surface area contributed by atoms with Gasteiger partial charge in [-0.2, -0.15) is 0 Å². The Morgan fingerprint density at radius 2 is 1.38 bits per heavy atom. The molecule has 0 bridgehead atoms. The van der Waals surface area contributed by atoms with E-state index in [9.17, 15) is 13.2 Å². The first-order valence-corrected chi connectivity index (χ1v) is 2.48. The first-order valence-electron chi connectivity index (χ1n) is 2.48. The van der Waals surface area contributed by atoms with Crippen LogP contribution in [0.3, 0.4) is 0 Å². The molecule has 0 fully saturated rings. The Morgan fingerprint density at radius 1 is 1.00 bits per heavy atom. The van der Waals surface area contributed by atoms with Crippen LogP contribution in [0.15, 0.2) is 0 Å². The summed E-state index contributed by atoms with van der Waals surface area (Å²) < 4.78 is 34.7. The van der Waals surface area contributed by atoms with Crippen LogP contribution < -0.4 is 0 Å². The van der Waals surface area contributed by atoms with Gasteiger partial charge in [0.25, 0.3) is 0 Å². The highest BCUT2D eigenvalue weighted by molar-refractivity contribution is 4.60. The molecule has 8 heavy (non-hydrogen) atoms. The highest BCUT2D eigenvalue weighted by Crippen LogP contribution is 2.14. The van der Waals surface area contributed by atoms with E-state index in [-0.39, 0.29) is 0 Å². The van der Waals surface area contributed by atoms with Crippen molar-refractivity contribution in [3.63, 3.8) is 0 Å². The Morgan fingerprint density at radius 3 is 1.38 bits per heavy atom. The second-order valence-electron chi connectivity index (χ2n) is 1.87. The van der Waals surface area contributed by atoms with Gasteiger partial charge in [-0.05, 0) is 6.92 Å². The number of hydrogen-bond acceptors (Lipinski definition) is 0. The highest BCUT2D eigenvalue weighted by Gasteiger charge is 2.20. The van der Waals surface area contributed by atoms with Gasteiger partial charge in [-0.15, -0.1) is 0 Å². The van der Waals surface area contributed by atoms with Gasteiger partial charge >= 0.3 is 0 Å². The summed E-state index contributed by atoms with van der Waals surface area (Å²) in [5.41, 5.74) is 0. The predicted octanol–water partition coefficient (Wildman–Crippen LogP) is 2.25. The van der Waals surface area contributed by atoms with E-state index >= 15 is 0 Å². The molecule has 0 aliphatic rings. The van der Waals surface area contributed by atoms with Crippen LogP contribution in [0, 0.1) is 5.92 Å². The SMILES string of the molecule is CC(F)C(C)C(F)F. The van der Waals surface area contributed by atoms with Crippen molar-refractivity contribution in [2.24, 2.45) is 5.92 Å². The Kier molecular flexibility index (Phi) is 2.87. The summed E-state index contributed by atoms with van der Waals surface area (Å²) in [4.78, 5) is 0. The predicted molar refractivity (Wildman–Crippen MR) is 25.7 cm³/mol. The molecule has 3 heteroatoms. The van der Waals surface area contributed by atoms with E-state index in [1.165, 1.54) is 6.92 Å². The van der Waals surface area contributed by atoms with E-state index in [4.69, 9.17) is 0 Å². The van der Waals surface area contributed by atoms with Crippen molar-refractivity contribution in [3.05, 3.63) is 0 Å². The number of hydrogen-bond donors (Lipinski definition) is 0. The summed E-state index contributed by atoms with van der Waals surface area (Å²) >= 11 is 0. The van der Waals surface area contributed by atoms with Crippen molar-refractivity contribution in [1.29, 1.82) is 0 Å². The van der Waals surface area contributed by atoms with Crippen molar-refractivity contribution in [3.8, 4) is 0 Å². The average Bonchev–Trinajstić information content (AvgIpc) is 1.64. The van der Waals surface area contributed by atoms with E-state index in [2.05, 4.69) is 0 Å². The number of alkyl halides is 3. The summed E-state index contributed by atoms with van der Waals surface area (Å²) in [6.45, 7) is 2.33. The summed E-state index contributed by atoms with van der Waals surface area (Å²) in [5, 5.41) is 0. The molecule has 0 nitrogen and oxygen atoms in total. The van der Waals surface area contributed by atoms with Gasteiger partial charge in [0.15, 0.2) is 0 Å². The molecule has 2 atom stereocenters. The van der Waals surface area contributed by atoms with Crippen LogP contribution in [0.1, 0.15) is 13.8 Å². The molecule has 0 aliphatic heterocycles. The molecule has 0 heterocycles. The Hall–Kier alpha value is -0.210. The minimum atomic E-state index is -2.53. The van der Waals surface area contributed by atoms with Crippen LogP contribution in [-0.4, -0.2) is 12.6 Å².